The van der Waals surface area contributed by atoms with E-state index in [0.717, 1.165) is 6.42 Å². The molecule has 2 rings (SSSR count). The number of nitrogens with one attached hydrogen (secondary N) is 1. The maximum atomic E-state index is 12.3. The van der Waals surface area contributed by atoms with E-state index in [2.05, 4.69) is 35.1 Å². The molecular weight excluding hydrogens is 324 g/mol. The summed E-state index contributed by atoms with van der Waals surface area (Å²) in [7, 11) is 0. The van der Waals surface area contributed by atoms with Gasteiger partial charge in [0.1, 0.15) is 0 Å². The van der Waals surface area contributed by atoms with Gasteiger partial charge in [0.2, 0.25) is 6.79 Å². The average Bonchev–Trinajstić information content (AvgIpc) is 2.86. The molecule has 110 valence electrons. The Kier molecular flexibility index (Phi) is 4.88. The van der Waals surface area contributed by atoms with Crippen molar-refractivity contribution in [2.45, 2.75) is 26.3 Å². The molecule has 6 heteroatoms. The average molecular weight is 343 g/mol. The monoisotopic (exact) mass is 342 g/mol. The minimum absolute atomic E-state index is 0.0216. The molecule has 0 spiro atoms. The number of carbonyl (C=O) groups is 1. The Labute approximate surface area is 126 Å². The molecular formula is C14H19BrN2O3. The number of hydrogen-bond donors (Lipinski definition) is 2. The fourth-order valence-corrected chi connectivity index (χ4v) is 2.71. The minimum atomic E-state index is -0.153. The van der Waals surface area contributed by atoms with Crippen LogP contribution < -0.4 is 20.5 Å². The van der Waals surface area contributed by atoms with Gasteiger partial charge in [-0.25, -0.2) is 0 Å². The molecule has 1 unspecified atom stereocenters. The lowest BCUT2D eigenvalue weighted by atomic mass is 10.0. The topological polar surface area (TPSA) is 73.6 Å². The number of ether oxygens (including phenoxy) is 2. The van der Waals surface area contributed by atoms with Crippen LogP contribution in [0.5, 0.6) is 11.5 Å². The lowest BCUT2D eigenvalue weighted by Gasteiger charge is -2.19. The molecule has 1 heterocycles. The van der Waals surface area contributed by atoms with Crippen LogP contribution in [-0.4, -0.2) is 25.3 Å². The third-order valence-electron chi connectivity index (χ3n) is 3.07. The van der Waals surface area contributed by atoms with Crippen molar-refractivity contribution in [3.63, 3.8) is 0 Å². The summed E-state index contributed by atoms with van der Waals surface area (Å²) in [4.78, 5) is 12.3. The van der Waals surface area contributed by atoms with Gasteiger partial charge >= 0.3 is 0 Å². The van der Waals surface area contributed by atoms with Gasteiger partial charge in [0, 0.05) is 18.2 Å². The fourth-order valence-electron chi connectivity index (χ4n) is 2.15. The molecule has 0 saturated carbocycles. The zero-order chi connectivity index (χ0) is 14.7. The summed E-state index contributed by atoms with van der Waals surface area (Å²) in [5.41, 5.74) is 6.23. The standard InChI is InChI=1S/C14H19BrN2O3/c1-8(2)3-10(6-16)17-14(18)9-4-11(15)13-12(5-9)19-7-20-13/h4-5,8,10H,3,6-7,16H2,1-2H3,(H,17,18). The highest BCUT2D eigenvalue weighted by atomic mass is 79.9. The second-order valence-corrected chi connectivity index (χ2v) is 6.08. The summed E-state index contributed by atoms with van der Waals surface area (Å²) in [6.45, 7) is 4.81. The van der Waals surface area contributed by atoms with E-state index in [4.69, 9.17) is 15.2 Å². The van der Waals surface area contributed by atoms with Gasteiger partial charge in [-0.05, 0) is 40.4 Å². The van der Waals surface area contributed by atoms with Gasteiger partial charge < -0.3 is 20.5 Å². The van der Waals surface area contributed by atoms with Crippen LogP contribution >= 0.6 is 15.9 Å². The molecule has 1 aromatic carbocycles. The van der Waals surface area contributed by atoms with E-state index in [1.54, 1.807) is 12.1 Å². The van der Waals surface area contributed by atoms with Gasteiger partial charge in [0.05, 0.1) is 4.47 Å². The van der Waals surface area contributed by atoms with Gasteiger partial charge in [-0.15, -0.1) is 0 Å². The van der Waals surface area contributed by atoms with Crippen molar-refractivity contribution in [3.05, 3.63) is 22.2 Å². The number of hydrogen-bond acceptors (Lipinski definition) is 4. The second-order valence-electron chi connectivity index (χ2n) is 5.23. The summed E-state index contributed by atoms with van der Waals surface area (Å²) in [6.07, 6.45) is 0.855. The Hall–Kier alpha value is -1.27. The Morgan fingerprint density at radius 2 is 2.20 bits per heavy atom. The number of amides is 1. The second kappa shape index (κ2) is 6.45. The van der Waals surface area contributed by atoms with Crippen molar-refractivity contribution in [1.82, 2.24) is 5.32 Å². The number of halogens is 1. The highest BCUT2D eigenvalue weighted by Gasteiger charge is 2.21. The first-order valence-electron chi connectivity index (χ1n) is 6.61. The lowest BCUT2D eigenvalue weighted by Crippen LogP contribution is -2.41. The number of fused-ring (bicyclic) bond motifs is 1. The predicted molar refractivity (Wildman–Crippen MR) is 80.0 cm³/mol. The van der Waals surface area contributed by atoms with Gasteiger partial charge in [-0.1, -0.05) is 13.8 Å². The van der Waals surface area contributed by atoms with Crippen molar-refractivity contribution in [2.75, 3.05) is 13.3 Å². The molecule has 0 saturated heterocycles. The van der Waals surface area contributed by atoms with Crippen LogP contribution in [0, 0.1) is 5.92 Å². The first kappa shape index (κ1) is 15.1. The van der Waals surface area contributed by atoms with Gasteiger partial charge in [-0.2, -0.15) is 0 Å². The van der Waals surface area contributed by atoms with Crippen molar-refractivity contribution < 1.29 is 14.3 Å². The van der Waals surface area contributed by atoms with Crippen LogP contribution in [0.4, 0.5) is 0 Å². The molecule has 0 aromatic heterocycles. The van der Waals surface area contributed by atoms with Gasteiger partial charge in [-0.3, -0.25) is 4.79 Å². The summed E-state index contributed by atoms with van der Waals surface area (Å²) < 4.78 is 11.3. The smallest absolute Gasteiger partial charge is 0.251 e. The van der Waals surface area contributed by atoms with Crippen LogP contribution in [0.15, 0.2) is 16.6 Å². The zero-order valence-corrected chi connectivity index (χ0v) is 13.2. The van der Waals surface area contributed by atoms with Crippen LogP contribution in [0.3, 0.4) is 0 Å². The normalized spacial score (nSPS) is 14.4. The molecule has 0 radical (unpaired) electrons. The van der Waals surface area contributed by atoms with E-state index in [9.17, 15) is 4.79 Å². The number of benzene rings is 1. The molecule has 5 nitrogen and oxygen atoms in total. The van der Waals surface area contributed by atoms with E-state index in [0.29, 0.717) is 34.0 Å². The molecule has 1 amide bonds. The first-order chi connectivity index (χ1) is 9.51. The summed E-state index contributed by atoms with van der Waals surface area (Å²) >= 11 is 3.38. The Morgan fingerprint density at radius 3 is 2.85 bits per heavy atom. The van der Waals surface area contributed by atoms with Crippen molar-refractivity contribution in [2.24, 2.45) is 11.7 Å². The molecule has 3 N–H and O–H groups in total. The van der Waals surface area contributed by atoms with E-state index >= 15 is 0 Å². The zero-order valence-electron chi connectivity index (χ0n) is 11.6. The summed E-state index contributed by atoms with van der Waals surface area (Å²) in [5, 5.41) is 2.95. The van der Waals surface area contributed by atoms with E-state index in [-0.39, 0.29) is 18.7 Å². The third-order valence-corrected chi connectivity index (χ3v) is 3.65. The quantitative estimate of drug-likeness (QED) is 0.860. The van der Waals surface area contributed by atoms with Gasteiger partial charge in [0.15, 0.2) is 11.5 Å². The molecule has 20 heavy (non-hydrogen) atoms. The Bertz CT molecular complexity index is 505. The molecule has 1 aliphatic rings. The van der Waals surface area contributed by atoms with E-state index in [1.165, 1.54) is 0 Å². The van der Waals surface area contributed by atoms with E-state index in [1.807, 2.05) is 0 Å². The molecule has 0 aliphatic carbocycles. The van der Waals surface area contributed by atoms with Crippen molar-refractivity contribution in [1.29, 1.82) is 0 Å². The SMILES string of the molecule is CC(C)CC(CN)NC(=O)c1cc(Br)c2c(c1)OCO2. The highest BCUT2D eigenvalue weighted by Crippen LogP contribution is 2.39. The van der Waals surface area contributed by atoms with Crippen molar-refractivity contribution >= 4 is 21.8 Å². The highest BCUT2D eigenvalue weighted by molar-refractivity contribution is 9.10. The fraction of sp³-hybridized carbons (Fsp3) is 0.500. The minimum Gasteiger partial charge on any atom is -0.454 e. The largest absolute Gasteiger partial charge is 0.454 e. The van der Waals surface area contributed by atoms with E-state index < -0.39 is 0 Å². The maximum Gasteiger partial charge on any atom is 0.251 e. The Balaban J connectivity index is 2.11. The van der Waals surface area contributed by atoms with Gasteiger partial charge in [0.25, 0.3) is 5.91 Å². The van der Waals surface area contributed by atoms with Crippen molar-refractivity contribution in [3.8, 4) is 11.5 Å². The summed E-state index contributed by atoms with van der Waals surface area (Å²) in [5.74, 6) is 1.55. The number of rotatable bonds is 5. The molecule has 1 atom stereocenters. The number of nitrogens with two attached hydrogens (primary N) is 1. The predicted octanol–water partition coefficient (Wildman–Crippen LogP) is 2.28. The molecule has 1 aromatic rings. The molecule has 0 fully saturated rings. The van der Waals surface area contributed by atoms with Crippen LogP contribution in [-0.2, 0) is 0 Å². The number of carbonyl (C=O) groups excluding carboxylic acids is 1. The lowest BCUT2D eigenvalue weighted by molar-refractivity contribution is 0.0933. The molecule has 0 bridgehead atoms. The third kappa shape index (κ3) is 3.43. The van der Waals surface area contributed by atoms with Crippen LogP contribution in [0.1, 0.15) is 30.6 Å². The summed E-state index contributed by atoms with van der Waals surface area (Å²) in [6, 6.07) is 3.39. The first-order valence-corrected chi connectivity index (χ1v) is 7.40. The maximum absolute atomic E-state index is 12.3. The van der Waals surface area contributed by atoms with Crippen LogP contribution in [0.25, 0.3) is 0 Å². The Morgan fingerprint density at radius 1 is 1.45 bits per heavy atom. The molecule has 1 aliphatic heterocycles. The van der Waals surface area contributed by atoms with Crippen LogP contribution in [0.2, 0.25) is 0 Å².